The lowest BCUT2D eigenvalue weighted by atomic mass is 10.2. The summed E-state index contributed by atoms with van der Waals surface area (Å²) in [6.45, 7) is 0. The molecule has 0 fully saturated rings. The largest absolute Gasteiger partial charge is 0.417 e. The summed E-state index contributed by atoms with van der Waals surface area (Å²) in [5, 5.41) is 0.296. The summed E-state index contributed by atoms with van der Waals surface area (Å²) in [6.07, 6.45) is -1.38. The van der Waals surface area contributed by atoms with Crippen molar-refractivity contribution in [1.29, 1.82) is 0 Å². The van der Waals surface area contributed by atoms with E-state index in [9.17, 15) is 13.2 Å². The molecule has 0 aliphatic rings. The van der Waals surface area contributed by atoms with Gasteiger partial charge < -0.3 is 0 Å². The Morgan fingerprint density at radius 3 is 2.24 bits per heavy atom. The summed E-state index contributed by atoms with van der Waals surface area (Å²) in [4.78, 5) is 7.87. The molecule has 0 unspecified atom stereocenters. The van der Waals surface area contributed by atoms with Gasteiger partial charge in [-0.15, -0.1) is 0 Å². The summed E-state index contributed by atoms with van der Waals surface area (Å²) in [5.41, 5.74) is -0.669. The Morgan fingerprint density at radius 2 is 1.59 bits per heavy atom. The van der Waals surface area contributed by atoms with E-state index in [1.165, 1.54) is 24.5 Å². The van der Waals surface area contributed by atoms with Crippen molar-refractivity contribution in [3.8, 4) is 0 Å². The maximum Gasteiger partial charge on any atom is 0.417 e. The van der Waals surface area contributed by atoms with Gasteiger partial charge in [-0.25, -0.2) is 9.97 Å². The van der Waals surface area contributed by atoms with Crippen molar-refractivity contribution < 1.29 is 13.2 Å². The molecule has 0 radical (unpaired) electrons. The fraction of sp³-hybridized carbons (Fsp3) is 0.0909. The number of rotatable bonds is 2. The second-order valence-electron chi connectivity index (χ2n) is 3.13. The first kappa shape index (κ1) is 11.9. The Balaban J connectivity index is 2.34. The van der Waals surface area contributed by atoms with Crippen molar-refractivity contribution in [1.82, 2.24) is 9.97 Å². The molecule has 2 rings (SSSR count). The molecule has 2 aromatic rings. The minimum absolute atomic E-state index is 0.103. The van der Waals surface area contributed by atoms with E-state index in [-0.39, 0.29) is 4.90 Å². The molecule has 2 nitrogen and oxygen atoms in total. The van der Waals surface area contributed by atoms with Gasteiger partial charge in [0.05, 0.1) is 5.56 Å². The SMILES string of the molecule is FC(F)(F)c1ccccc1Sc1ncccn1. The minimum Gasteiger partial charge on any atom is -0.231 e. The van der Waals surface area contributed by atoms with Gasteiger partial charge in [-0.3, -0.25) is 0 Å². The maximum absolute atomic E-state index is 12.7. The van der Waals surface area contributed by atoms with Crippen molar-refractivity contribution in [3.63, 3.8) is 0 Å². The van der Waals surface area contributed by atoms with Crippen LogP contribution in [-0.4, -0.2) is 9.97 Å². The lowest BCUT2D eigenvalue weighted by Gasteiger charge is -2.10. The van der Waals surface area contributed by atoms with Crippen LogP contribution in [0.15, 0.2) is 52.8 Å². The van der Waals surface area contributed by atoms with Crippen molar-refractivity contribution in [2.45, 2.75) is 16.2 Å². The lowest BCUT2D eigenvalue weighted by molar-refractivity contribution is -0.139. The van der Waals surface area contributed by atoms with E-state index in [1.807, 2.05) is 0 Å². The molecule has 0 spiro atoms. The molecule has 0 N–H and O–H groups in total. The molecular formula is C11H7F3N2S. The molecule has 0 saturated carbocycles. The van der Waals surface area contributed by atoms with Crippen molar-refractivity contribution in [3.05, 3.63) is 48.3 Å². The van der Waals surface area contributed by atoms with Crippen LogP contribution in [0.4, 0.5) is 13.2 Å². The van der Waals surface area contributed by atoms with Gasteiger partial charge in [-0.2, -0.15) is 13.2 Å². The molecule has 1 aromatic heterocycles. The van der Waals surface area contributed by atoms with E-state index in [0.29, 0.717) is 5.16 Å². The summed E-state index contributed by atoms with van der Waals surface area (Å²) < 4.78 is 38.1. The first-order valence-corrected chi connectivity index (χ1v) is 5.50. The van der Waals surface area contributed by atoms with Crippen LogP contribution >= 0.6 is 11.8 Å². The fourth-order valence-electron chi connectivity index (χ4n) is 1.23. The molecule has 0 amide bonds. The normalized spacial score (nSPS) is 11.5. The highest BCUT2D eigenvalue weighted by molar-refractivity contribution is 7.99. The third-order valence-electron chi connectivity index (χ3n) is 1.94. The van der Waals surface area contributed by atoms with Gasteiger partial charge >= 0.3 is 6.18 Å². The first-order valence-electron chi connectivity index (χ1n) is 4.68. The molecule has 88 valence electrons. The van der Waals surface area contributed by atoms with Crippen molar-refractivity contribution in [2.24, 2.45) is 0 Å². The fourth-order valence-corrected chi connectivity index (χ4v) is 2.09. The topological polar surface area (TPSA) is 25.8 Å². The molecule has 0 aliphatic carbocycles. The number of nitrogens with zero attached hydrogens (tertiary/aromatic N) is 2. The van der Waals surface area contributed by atoms with E-state index in [2.05, 4.69) is 9.97 Å². The highest BCUT2D eigenvalue weighted by Crippen LogP contribution is 2.38. The Bertz CT molecular complexity index is 500. The molecule has 0 bridgehead atoms. The summed E-state index contributed by atoms with van der Waals surface area (Å²) >= 11 is 0.899. The average molecular weight is 256 g/mol. The second-order valence-corrected chi connectivity index (χ2v) is 4.14. The highest BCUT2D eigenvalue weighted by atomic mass is 32.2. The number of benzene rings is 1. The van der Waals surface area contributed by atoms with Gasteiger partial charge in [0.15, 0.2) is 5.16 Å². The van der Waals surface area contributed by atoms with E-state index < -0.39 is 11.7 Å². The van der Waals surface area contributed by atoms with Crippen LogP contribution in [0.1, 0.15) is 5.56 Å². The zero-order valence-corrected chi connectivity index (χ0v) is 9.29. The Kier molecular flexibility index (Phi) is 3.33. The zero-order valence-electron chi connectivity index (χ0n) is 8.48. The summed E-state index contributed by atoms with van der Waals surface area (Å²) in [7, 11) is 0. The van der Waals surface area contributed by atoms with Gasteiger partial charge in [0.25, 0.3) is 0 Å². The standard InChI is InChI=1S/C11H7F3N2S/c12-11(13,14)8-4-1-2-5-9(8)17-10-15-6-3-7-16-10/h1-7H. The number of aromatic nitrogens is 2. The number of halogens is 3. The molecule has 17 heavy (non-hydrogen) atoms. The Morgan fingerprint density at radius 1 is 0.941 bits per heavy atom. The lowest BCUT2D eigenvalue weighted by Crippen LogP contribution is -2.06. The Labute approximate surface area is 99.9 Å². The molecule has 1 heterocycles. The predicted octanol–water partition coefficient (Wildman–Crippen LogP) is 3.65. The monoisotopic (exact) mass is 256 g/mol. The number of alkyl halides is 3. The third kappa shape index (κ3) is 2.97. The van der Waals surface area contributed by atoms with Crippen LogP contribution in [0.2, 0.25) is 0 Å². The van der Waals surface area contributed by atoms with Crippen LogP contribution in [0.3, 0.4) is 0 Å². The van der Waals surface area contributed by atoms with Gasteiger partial charge in [0, 0.05) is 17.3 Å². The minimum atomic E-state index is -4.36. The summed E-state index contributed by atoms with van der Waals surface area (Å²) in [5.74, 6) is 0. The van der Waals surface area contributed by atoms with Crippen LogP contribution in [-0.2, 0) is 6.18 Å². The highest BCUT2D eigenvalue weighted by Gasteiger charge is 2.33. The van der Waals surface area contributed by atoms with Gasteiger partial charge in [-0.05, 0) is 30.0 Å². The average Bonchev–Trinajstić information content (AvgIpc) is 2.30. The van der Waals surface area contributed by atoms with E-state index in [1.54, 1.807) is 12.1 Å². The zero-order chi connectivity index (χ0) is 12.3. The molecular weight excluding hydrogens is 249 g/mol. The molecule has 6 heteroatoms. The summed E-state index contributed by atoms with van der Waals surface area (Å²) in [6, 6.07) is 6.98. The van der Waals surface area contributed by atoms with E-state index >= 15 is 0 Å². The van der Waals surface area contributed by atoms with E-state index in [0.717, 1.165) is 17.8 Å². The molecule has 0 aliphatic heterocycles. The third-order valence-corrected chi connectivity index (χ3v) is 2.91. The molecule has 0 saturated heterocycles. The molecule has 0 atom stereocenters. The number of hydrogen-bond acceptors (Lipinski definition) is 3. The van der Waals surface area contributed by atoms with Crippen LogP contribution in [0.5, 0.6) is 0 Å². The first-order chi connectivity index (χ1) is 8.07. The van der Waals surface area contributed by atoms with Crippen LogP contribution in [0, 0.1) is 0 Å². The molecule has 1 aromatic carbocycles. The van der Waals surface area contributed by atoms with Crippen LogP contribution in [0.25, 0.3) is 0 Å². The quantitative estimate of drug-likeness (QED) is 0.767. The van der Waals surface area contributed by atoms with E-state index in [4.69, 9.17) is 0 Å². The maximum atomic E-state index is 12.7. The number of hydrogen-bond donors (Lipinski definition) is 0. The predicted molar refractivity (Wildman–Crippen MR) is 57.6 cm³/mol. The van der Waals surface area contributed by atoms with Gasteiger partial charge in [0.2, 0.25) is 0 Å². The second kappa shape index (κ2) is 4.75. The van der Waals surface area contributed by atoms with Crippen molar-refractivity contribution >= 4 is 11.8 Å². The Hall–Kier alpha value is -1.56. The van der Waals surface area contributed by atoms with Crippen molar-refractivity contribution in [2.75, 3.05) is 0 Å². The van der Waals surface area contributed by atoms with Gasteiger partial charge in [0.1, 0.15) is 0 Å². The smallest absolute Gasteiger partial charge is 0.231 e. The van der Waals surface area contributed by atoms with Gasteiger partial charge in [-0.1, -0.05) is 12.1 Å². The van der Waals surface area contributed by atoms with Crippen LogP contribution < -0.4 is 0 Å².